The van der Waals surface area contributed by atoms with Gasteiger partial charge in [0.2, 0.25) is 11.8 Å². The minimum absolute atomic E-state index is 0.115. The zero-order valence-electron chi connectivity index (χ0n) is 16.1. The van der Waals surface area contributed by atoms with E-state index in [0.717, 1.165) is 23.7 Å². The van der Waals surface area contributed by atoms with Crippen LogP contribution in [0.5, 0.6) is 5.75 Å². The van der Waals surface area contributed by atoms with Crippen molar-refractivity contribution >= 4 is 39.2 Å². The fraction of sp³-hybridized carbons (Fsp3) is 0.348. The molecule has 29 heavy (non-hydrogen) atoms. The third kappa shape index (κ3) is 3.99. The van der Waals surface area contributed by atoms with Crippen molar-refractivity contribution in [3.05, 3.63) is 58.6 Å². The summed E-state index contributed by atoms with van der Waals surface area (Å²) >= 11 is 3.34. The second-order valence-corrected chi connectivity index (χ2v) is 8.77. The van der Waals surface area contributed by atoms with E-state index < -0.39 is 0 Å². The van der Waals surface area contributed by atoms with E-state index in [0.29, 0.717) is 22.9 Å². The Labute approximate surface area is 178 Å². The van der Waals surface area contributed by atoms with Crippen LogP contribution >= 0.6 is 15.9 Å². The molecule has 150 valence electrons. The van der Waals surface area contributed by atoms with Crippen molar-refractivity contribution in [1.82, 2.24) is 0 Å². The molecule has 0 spiro atoms. The van der Waals surface area contributed by atoms with E-state index in [1.165, 1.54) is 4.90 Å². The van der Waals surface area contributed by atoms with Crippen LogP contribution in [0.3, 0.4) is 0 Å². The summed E-state index contributed by atoms with van der Waals surface area (Å²) in [5.74, 6) is 0.127. The van der Waals surface area contributed by atoms with E-state index in [2.05, 4.69) is 22.9 Å². The molecule has 0 unspecified atom stereocenters. The summed E-state index contributed by atoms with van der Waals surface area (Å²) in [6, 6.07) is 13.9. The SMILES string of the molecule is C[C@@H]1CC[C@@H]2C(=O)N(c3cccc(OCC(=O)c4ccc(Br)cc4)c3)C(=O)[C@H]2C1. The summed E-state index contributed by atoms with van der Waals surface area (Å²) in [7, 11) is 0. The number of halogens is 1. The Hall–Kier alpha value is -2.47. The van der Waals surface area contributed by atoms with Crippen LogP contribution in [0.25, 0.3) is 0 Å². The van der Waals surface area contributed by atoms with Crippen molar-refractivity contribution in [3.63, 3.8) is 0 Å². The van der Waals surface area contributed by atoms with Gasteiger partial charge in [-0.25, -0.2) is 4.90 Å². The Morgan fingerprint density at radius 3 is 2.55 bits per heavy atom. The maximum Gasteiger partial charge on any atom is 0.237 e. The van der Waals surface area contributed by atoms with Crippen molar-refractivity contribution < 1.29 is 19.1 Å². The highest BCUT2D eigenvalue weighted by molar-refractivity contribution is 9.10. The van der Waals surface area contributed by atoms with Gasteiger partial charge >= 0.3 is 0 Å². The first-order valence-electron chi connectivity index (χ1n) is 9.83. The van der Waals surface area contributed by atoms with E-state index >= 15 is 0 Å². The quantitative estimate of drug-likeness (QED) is 0.486. The molecule has 1 saturated heterocycles. The van der Waals surface area contributed by atoms with Gasteiger partial charge in [0.1, 0.15) is 5.75 Å². The van der Waals surface area contributed by atoms with Gasteiger partial charge in [0.15, 0.2) is 12.4 Å². The molecule has 2 aromatic rings. The number of hydrogen-bond acceptors (Lipinski definition) is 4. The van der Waals surface area contributed by atoms with Gasteiger partial charge in [-0.1, -0.05) is 41.1 Å². The summed E-state index contributed by atoms with van der Waals surface area (Å²) in [5, 5.41) is 0. The molecular weight excluding hydrogens is 434 g/mol. The van der Waals surface area contributed by atoms with Crippen LogP contribution in [0.15, 0.2) is 53.0 Å². The second kappa shape index (κ2) is 8.11. The Balaban J connectivity index is 1.47. The second-order valence-electron chi connectivity index (χ2n) is 7.86. The fourth-order valence-corrected chi connectivity index (χ4v) is 4.49. The standard InChI is InChI=1S/C23H22BrNO4/c1-14-5-10-19-20(11-14)23(28)25(22(19)27)17-3-2-4-18(12-17)29-13-21(26)15-6-8-16(24)9-7-15/h2-4,6-9,12,14,19-20H,5,10-11,13H2,1H3/t14-,19+,20+/m1/s1. The molecule has 4 rings (SSSR count). The predicted octanol–water partition coefficient (Wildman–Crippen LogP) is 4.64. The minimum atomic E-state index is -0.213. The van der Waals surface area contributed by atoms with Crippen LogP contribution in [-0.2, 0) is 9.59 Å². The highest BCUT2D eigenvalue weighted by Gasteiger charge is 2.49. The molecule has 0 N–H and O–H groups in total. The van der Waals surface area contributed by atoms with E-state index in [1.54, 1.807) is 48.5 Å². The lowest BCUT2D eigenvalue weighted by Gasteiger charge is -2.25. The predicted molar refractivity (Wildman–Crippen MR) is 113 cm³/mol. The number of carbonyl (C=O) groups excluding carboxylic acids is 3. The Morgan fingerprint density at radius 2 is 1.79 bits per heavy atom. The average Bonchev–Trinajstić information content (AvgIpc) is 2.96. The summed E-state index contributed by atoms with van der Waals surface area (Å²) < 4.78 is 6.55. The first-order valence-corrected chi connectivity index (χ1v) is 10.6. The molecule has 1 saturated carbocycles. The lowest BCUT2D eigenvalue weighted by atomic mass is 9.76. The summed E-state index contributed by atoms with van der Waals surface area (Å²) in [4.78, 5) is 39.4. The van der Waals surface area contributed by atoms with Gasteiger partial charge in [-0.15, -0.1) is 0 Å². The maximum atomic E-state index is 12.9. The van der Waals surface area contributed by atoms with Crippen molar-refractivity contribution in [2.75, 3.05) is 11.5 Å². The van der Waals surface area contributed by atoms with Gasteiger partial charge < -0.3 is 4.74 Å². The summed E-state index contributed by atoms with van der Waals surface area (Å²) in [6.07, 6.45) is 2.52. The molecule has 6 heteroatoms. The third-order valence-corrected chi connectivity index (χ3v) is 6.33. The normalized spacial score (nSPS) is 23.8. The van der Waals surface area contributed by atoms with Gasteiger partial charge in [0, 0.05) is 16.1 Å². The number of Topliss-reactive ketones (excluding diaryl/α,β-unsaturated/α-hetero) is 1. The van der Waals surface area contributed by atoms with Crippen LogP contribution in [0, 0.1) is 17.8 Å². The molecule has 2 aliphatic rings. The van der Waals surface area contributed by atoms with Crippen LogP contribution in [-0.4, -0.2) is 24.2 Å². The number of carbonyl (C=O) groups is 3. The van der Waals surface area contributed by atoms with Gasteiger partial charge in [-0.3, -0.25) is 14.4 Å². The molecule has 2 fully saturated rings. The zero-order chi connectivity index (χ0) is 20.5. The van der Waals surface area contributed by atoms with Crippen molar-refractivity contribution in [3.8, 4) is 5.75 Å². The molecule has 5 nitrogen and oxygen atoms in total. The van der Waals surface area contributed by atoms with E-state index in [9.17, 15) is 14.4 Å². The number of fused-ring (bicyclic) bond motifs is 1. The summed E-state index contributed by atoms with van der Waals surface area (Å²) in [5.41, 5.74) is 1.07. The molecule has 2 aromatic carbocycles. The monoisotopic (exact) mass is 455 g/mol. The number of benzene rings is 2. The zero-order valence-corrected chi connectivity index (χ0v) is 17.7. The van der Waals surface area contributed by atoms with Crippen LogP contribution in [0.1, 0.15) is 36.5 Å². The minimum Gasteiger partial charge on any atom is -0.485 e. The number of rotatable bonds is 5. The first kappa shape index (κ1) is 19.8. The van der Waals surface area contributed by atoms with Gasteiger partial charge in [-0.2, -0.15) is 0 Å². The van der Waals surface area contributed by atoms with Crippen LogP contribution < -0.4 is 9.64 Å². The molecule has 0 aromatic heterocycles. The maximum absolute atomic E-state index is 12.9. The molecule has 1 aliphatic carbocycles. The number of nitrogens with zero attached hydrogens (tertiary/aromatic N) is 1. The Kier molecular flexibility index (Phi) is 5.54. The fourth-order valence-electron chi connectivity index (χ4n) is 4.22. The molecular formula is C23H22BrNO4. The van der Waals surface area contributed by atoms with Crippen molar-refractivity contribution in [2.24, 2.45) is 17.8 Å². The van der Waals surface area contributed by atoms with Crippen LogP contribution in [0.2, 0.25) is 0 Å². The number of imide groups is 1. The number of hydrogen-bond donors (Lipinski definition) is 0. The molecule has 2 amide bonds. The number of amides is 2. The van der Waals surface area contributed by atoms with E-state index in [-0.39, 0.29) is 36.0 Å². The molecule has 0 radical (unpaired) electrons. The van der Waals surface area contributed by atoms with Gasteiger partial charge in [0.05, 0.1) is 17.5 Å². The van der Waals surface area contributed by atoms with Gasteiger partial charge in [0.25, 0.3) is 0 Å². The highest BCUT2D eigenvalue weighted by atomic mass is 79.9. The molecule has 1 aliphatic heterocycles. The number of ether oxygens (including phenoxy) is 1. The smallest absolute Gasteiger partial charge is 0.237 e. The van der Waals surface area contributed by atoms with Crippen LogP contribution in [0.4, 0.5) is 5.69 Å². The lowest BCUT2D eigenvalue weighted by molar-refractivity contribution is -0.122. The first-order chi connectivity index (χ1) is 13.9. The topological polar surface area (TPSA) is 63.7 Å². The Bertz CT molecular complexity index is 956. The number of ketones is 1. The van der Waals surface area contributed by atoms with Gasteiger partial charge in [-0.05, 0) is 49.4 Å². The molecule has 1 heterocycles. The lowest BCUT2D eigenvalue weighted by Crippen LogP contribution is -2.30. The van der Waals surface area contributed by atoms with Crippen molar-refractivity contribution in [1.29, 1.82) is 0 Å². The van der Waals surface area contributed by atoms with E-state index in [1.807, 2.05) is 0 Å². The molecule has 3 atom stereocenters. The average molecular weight is 456 g/mol. The van der Waals surface area contributed by atoms with E-state index in [4.69, 9.17) is 4.74 Å². The number of anilines is 1. The third-order valence-electron chi connectivity index (χ3n) is 5.80. The largest absolute Gasteiger partial charge is 0.485 e. The van der Waals surface area contributed by atoms with Crippen molar-refractivity contribution in [2.45, 2.75) is 26.2 Å². The Morgan fingerprint density at radius 1 is 1.07 bits per heavy atom. The summed E-state index contributed by atoms with van der Waals surface area (Å²) in [6.45, 7) is 2.02. The molecule has 0 bridgehead atoms. The highest BCUT2D eigenvalue weighted by Crippen LogP contribution is 2.42.